The van der Waals surface area contributed by atoms with E-state index in [0.29, 0.717) is 42.9 Å². The van der Waals surface area contributed by atoms with Crippen molar-refractivity contribution in [2.45, 2.75) is 12.8 Å². The Labute approximate surface area is 153 Å². The van der Waals surface area contributed by atoms with Crippen LogP contribution in [0, 0.1) is 11.3 Å². The quantitative estimate of drug-likeness (QED) is 0.823. The molecule has 3 fully saturated rings. The largest absolute Gasteiger partial charge is 0.384 e. The average Bonchev–Trinajstić information content (AvgIpc) is 3.29. The summed E-state index contributed by atoms with van der Waals surface area (Å²) in [7, 11) is 1.71. The number of benzene rings is 1. The van der Waals surface area contributed by atoms with Crippen LogP contribution in [-0.2, 0) is 9.47 Å². The molecule has 1 amide bonds. The van der Waals surface area contributed by atoms with Crippen LogP contribution < -0.4 is 4.90 Å². The summed E-state index contributed by atoms with van der Waals surface area (Å²) in [5.41, 5.74) is 1.66. The predicted molar refractivity (Wildman–Crippen MR) is 97.4 cm³/mol. The number of likely N-dealkylation sites (tertiary alicyclic amines) is 1. The Kier molecular flexibility index (Phi) is 4.65. The predicted octanol–water partition coefficient (Wildman–Crippen LogP) is 2.68. The van der Waals surface area contributed by atoms with E-state index in [1.165, 1.54) is 12.8 Å². The fourth-order valence-electron chi connectivity index (χ4n) is 4.52. The number of methoxy groups -OCH3 is 1. The van der Waals surface area contributed by atoms with Gasteiger partial charge in [0.05, 0.1) is 30.5 Å². The van der Waals surface area contributed by atoms with Gasteiger partial charge in [0.15, 0.2) is 0 Å². The minimum absolute atomic E-state index is 0.0519. The van der Waals surface area contributed by atoms with Crippen LogP contribution in [0.15, 0.2) is 18.2 Å². The zero-order chi connectivity index (χ0) is 17.4. The van der Waals surface area contributed by atoms with E-state index in [0.717, 1.165) is 25.3 Å². The van der Waals surface area contributed by atoms with Crippen molar-refractivity contribution in [3.05, 3.63) is 28.8 Å². The normalized spacial score (nSPS) is 28.6. The van der Waals surface area contributed by atoms with E-state index in [2.05, 4.69) is 4.90 Å². The monoisotopic (exact) mass is 364 g/mol. The number of carbonyl (C=O) groups excluding carboxylic acids is 1. The molecule has 3 saturated heterocycles. The van der Waals surface area contributed by atoms with Gasteiger partial charge in [0.1, 0.15) is 0 Å². The van der Waals surface area contributed by atoms with E-state index >= 15 is 0 Å². The molecule has 0 unspecified atom stereocenters. The van der Waals surface area contributed by atoms with Crippen LogP contribution in [0.1, 0.15) is 23.2 Å². The molecule has 0 bridgehead atoms. The SMILES string of the molecule is COC[C@@]12COC[C@@H]1CN(C(=O)c1ccc(N3CCCC3)c(Cl)c1)C2. The Bertz CT molecular complexity index is 662. The van der Waals surface area contributed by atoms with Crippen LogP contribution in [-0.4, -0.2) is 63.9 Å². The lowest BCUT2D eigenvalue weighted by Crippen LogP contribution is -2.37. The second-order valence-electron chi connectivity index (χ2n) is 7.55. The van der Waals surface area contributed by atoms with Gasteiger partial charge in [-0.25, -0.2) is 0 Å². The number of ether oxygens (including phenoxy) is 2. The minimum atomic E-state index is -0.0519. The average molecular weight is 365 g/mol. The highest BCUT2D eigenvalue weighted by atomic mass is 35.5. The Morgan fingerprint density at radius 3 is 2.92 bits per heavy atom. The molecule has 0 aliphatic carbocycles. The third-order valence-corrected chi connectivity index (χ3v) is 6.18. The lowest BCUT2D eigenvalue weighted by atomic mass is 9.82. The summed E-state index contributed by atoms with van der Waals surface area (Å²) in [5, 5.41) is 0.669. The van der Waals surface area contributed by atoms with E-state index in [-0.39, 0.29) is 11.3 Å². The number of amides is 1. The number of nitrogens with zero attached hydrogens (tertiary/aromatic N) is 2. The van der Waals surface area contributed by atoms with Gasteiger partial charge in [-0.1, -0.05) is 11.6 Å². The van der Waals surface area contributed by atoms with Crippen molar-refractivity contribution >= 4 is 23.2 Å². The zero-order valence-electron chi connectivity index (χ0n) is 14.7. The van der Waals surface area contributed by atoms with E-state index in [1.807, 2.05) is 23.1 Å². The van der Waals surface area contributed by atoms with Crippen molar-refractivity contribution in [3.63, 3.8) is 0 Å². The number of anilines is 1. The maximum Gasteiger partial charge on any atom is 0.253 e. The first-order valence-corrected chi connectivity index (χ1v) is 9.41. The second-order valence-corrected chi connectivity index (χ2v) is 7.96. The third kappa shape index (κ3) is 3.03. The lowest BCUT2D eigenvalue weighted by Gasteiger charge is -2.26. The molecule has 3 aliphatic rings. The minimum Gasteiger partial charge on any atom is -0.384 e. The molecule has 5 nitrogen and oxygen atoms in total. The highest BCUT2D eigenvalue weighted by Gasteiger charge is 2.51. The Balaban J connectivity index is 1.51. The Hall–Kier alpha value is -1.30. The number of halogens is 1. The fourth-order valence-corrected chi connectivity index (χ4v) is 4.82. The molecule has 3 heterocycles. The van der Waals surface area contributed by atoms with Gasteiger partial charge in [-0.05, 0) is 31.0 Å². The van der Waals surface area contributed by atoms with Crippen LogP contribution in [0.3, 0.4) is 0 Å². The summed E-state index contributed by atoms with van der Waals surface area (Å²) in [5.74, 6) is 0.412. The molecule has 25 heavy (non-hydrogen) atoms. The summed E-state index contributed by atoms with van der Waals surface area (Å²) in [4.78, 5) is 17.2. The summed E-state index contributed by atoms with van der Waals surface area (Å²) >= 11 is 6.48. The topological polar surface area (TPSA) is 42.0 Å². The summed E-state index contributed by atoms with van der Waals surface area (Å²) in [6.45, 7) is 5.52. The number of carbonyl (C=O) groups is 1. The van der Waals surface area contributed by atoms with Crippen molar-refractivity contribution < 1.29 is 14.3 Å². The Morgan fingerprint density at radius 2 is 2.20 bits per heavy atom. The molecular formula is C19H25ClN2O3. The molecule has 6 heteroatoms. The fraction of sp³-hybridized carbons (Fsp3) is 0.632. The second kappa shape index (κ2) is 6.78. The summed E-state index contributed by atoms with van der Waals surface area (Å²) in [6, 6.07) is 5.73. The molecule has 0 aromatic heterocycles. The van der Waals surface area contributed by atoms with Gasteiger partial charge in [0.2, 0.25) is 0 Å². The molecule has 0 spiro atoms. The van der Waals surface area contributed by atoms with Gasteiger partial charge in [-0.2, -0.15) is 0 Å². The van der Waals surface area contributed by atoms with E-state index in [9.17, 15) is 4.79 Å². The molecule has 4 rings (SSSR count). The van der Waals surface area contributed by atoms with E-state index < -0.39 is 0 Å². The van der Waals surface area contributed by atoms with Crippen molar-refractivity contribution in [1.29, 1.82) is 0 Å². The van der Waals surface area contributed by atoms with Gasteiger partial charge in [0, 0.05) is 50.2 Å². The molecule has 0 N–H and O–H groups in total. The molecule has 1 aromatic rings. The number of hydrogen-bond donors (Lipinski definition) is 0. The lowest BCUT2D eigenvalue weighted by molar-refractivity contribution is 0.0489. The van der Waals surface area contributed by atoms with Gasteiger partial charge in [0.25, 0.3) is 5.91 Å². The summed E-state index contributed by atoms with van der Waals surface area (Å²) in [6.07, 6.45) is 2.41. The third-order valence-electron chi connectivity index (χ3n) is 5.88. The van der Waals surface area contributed by atoms with Crippen molar-refractivity contribution in [2.24, 2.45) is 11.3 Å². The molecule has 136 valence electrons. The number of rotatable bonds is 4. The van der Waals surface area contributed by atoms with Crippen LogP contribution >= 0.6 is 11.6 Å². The first-order chi connectivity index (χ1) is 12.1. The van der Waals surface area contributed by atoms with Gasteiger partial charge < -0.3 is 19.3 Å². The van der Waals surface area contributed by atoms with Crippen molar-refractivity contribution in [1.82, 2.24) is 4.90 Å². The van der Waals surface area contributed by atoms with Crippen molar-refractivity contribution in [3.8, 4) is 0 Å². The van der Waals surface area contributed by atoms with Gasteiger partial charge in [-0.3, -0.25) is 4.79 Å². The Morgan fingerprint density at radius 1 is 1.40 bits per heavy atom. The summed E-state index contributed by atoms with van der Waals surface area (Å²) < 4.78 is 11.1. The maximum absolute atomic E-state index is 13.0. The van der Waals surface area contributed by atoms with Crippen LogP contribution in [0.4, 0.5) is 5.69 Å². The molecule has 3 aliphatic heterocycles. The number of fused-ring (bicyclic) bond motifs is 1. The van der Waals surface area contributed by atoms with Gasteiger partial charge in [-0.15, -0.1) is 0 Å². The molecule has 2 atom stereocenters. The number of hydrogen-bond acceptors (Lipinski definition) is 4. The van der Waals surface area contributed by atoms with Gasteiger partial charge >= 0.3 is 0 Å². The molecule has 0 saturated carbocycles. The van der Waals surface area contributed by atoms with E-state index in [4.69, 9.17) is 21.1 Å². The first kappa shape index (κ1) is 17.1. The molecular weight excluding hydrogens is 340 g/mol. The highest BCUT2D eigenvalue weighted by molar-refractivity contribution is 6.33. The first-order valence-electron chi connectivity index (χ1n) is 9.03. The van der Waals surface area contributed by atoms with E-state index in [1.54, 1.807) is 7.11 Å². The zero-order valence-corrected chi connectivity index (χ0v) is 15.4. The highest BCUT2D eigenvalue weighted by Crippen LogP contribution is 2.42. The standard InChI is InChI=1S/C19H25ClN2O3/c1-24-12-19-11-22(9-15(19)10-25-13-19)18(23)14-4-5-17(16(20)8-14)21-6-2-3-7-21/h4-5,8,15H,2-3,6-7,9-13H2,1H3/t15-,19-/m0/s1. The maximum atomic E-state index is 13.0. The smallest absolute Gasteiger partial charge is 0.253 e. The molecule has 1 aromatic carbocycles. The van der Waals surface area contributed by atoms with Crippen molar-refractivity contribution in [2.75, 3.05) is 58.0 Å². The van der Waals surface area contributed by atoms with Crippen LogP contribution in [0.5, 0.6) is 0 Å². The van der Waals surface area contributed by atoms with Crippen LogP contribution in [0.25, 0.3) is 0 Å². The molecule has 0 radical (unpaired) electrons. The van der Waals surface area contributed by atoms with Crippen LogP contribution in [0.2, 0.25) is 5.02 Å².